The number of amides is 1. The zero-order chi connectivity index (χ0) is 22.3. The van der Waals surface area contributed by atoms with Crippen LogP contribution in [0.15, 0.2) is 71.6 Å². The van der Waals surface area contributed by atoms with Crippen molar-refractivity contribution in [3.63, 3.8) is 0 Å². The van der Waals surface area contributed by atoms with Crippen molar-refractivity contribution in [2.24, 2.45) is 0 Å². The quantitative estimate of drug-likeness (QED) is 0.440. The topological polar surface area (TPSA) is 99.4 Å². The Bertz CT molecular complexity index is 1190. The molecule has 3 aromatic heterocycles. The molecular weight excluding hydrogens is 408 g/mol. The number of nitrogens with zero attached hydrogens (tertiary/aromatic N) is 3. The maximum absolute atomic E-state index is 12.8. The van der Waals surface area contributed by atoms with Crippen LogP contribution in [0.2, 0.25) is 0 Å². The van der Waals surface area contributed by atoms with E-state index in [1.165, 1.54) is 0 Å². The highest BCUT2D eigenvalue weighted by Crippen LogP contribution is 2.24. The first kappa shape index (κ1) is 21.0. The predicted molar refractivity (Wildman–Crippen MR) is 118 cm³/mol. The highest BCUT2D eigenvalue weighted by Gasteiger charge is 2.13. The number of benzene rings is 1. The Hall–Kier alpha value is -4.20. The lowest BCUT2D eigenvalue weighted by atomic mass is 10.2. The minimum atomic E-state index is -0.319. The molecule has 4 rings (SSSR count). The van der Waals surface area contributed by atoms with Gasteiger partial charge >= 0.3 is 0 Å². The van der Waals surface area contributed by atoms with Crippen molar-refractivity contribution in [1.82, 2.24) is 15.1 Å². The monoisotopic (exact) mass is 430 g/mol. The summed E-state index contributed by atoms with van der Waals surface area (Å²) >= 11 is 0. The Kier molecular flexibility index (Phi) is 6.41. The molecule has 8 heteroatoms. The molecule has 0 saturated heterocycles. The molecule has 0 aliphatic rings. The van der Waals surface area contributed by atoms with Crippen LogP contribution in [0, 0.1) is 13.8 Å². The molecular formula is C24H22N4O4. The first-order chi connectivity index (χ1) is 15.6. The lowest BCUT2D eigenvalue weighted by molar-refractivity contribution is 0.102. The van der Waals surface area contributed by atoms with Crippen molar-refractivity contribution in [3.8, 4) is 11.5 Å². The van der Waals surface area contributed by atoms with Gasteiger partial charge in [-0.3, -0.25) is 9.78 Å². The fourth-order valence-electron chi connectivity index (χ4n) is 3.01. The van der Waals surface area contributed by atoms with Crippen LogP contribution in [0.4, 0.5) is 5.82 Å². The van der Waals surface area contributed by atoms with Crippen LogP contribution < -0.4 is 14.8 Å². The molecule has 8 nitrogen and oxygen atoms in total. The minimum Gasteiger partial charge on any atom is -0.489 e. The first-order valence-electron chi connectivity index (χ1n) is 10.0. The third-order valence-corrected chi connectivity index (χ3v) is 4.81. The summed E-state index contributed by atoms with van der Waals surface area (Å²) in [5.74, 6) is 1.77. The number of carbonyl (C=O) groups is 1. The summed E-state index contributed by atoms with van der Waals surface area (Å²) in [6.07, 6.45) is 4.99. The number of rotatable bonds is 8. The van der Waals surface area contributed by atoms with E-state index in [0.717, 1.165) is 16.8 Å². The molecule has 0 aliphatic carbocycles. The van der Waals surface area contributed by atoms with E-state index in [4.69, 9.17) is 14.0 Å². The highest BCUT2D eigenvalue weighted by molar-refractivity contribution is 6.04. The fraction of sp³-hybridized carbons (Fsp3) is 0.167. The van der Waals surface area contributed by atoms with Gasteiger partial charge in [0.1, 0.15) is 24.7 Å². The molecule has 1 amide bonds. The van der Waals surface area contributed by atoms with E-state index in [1.54, 1.807) is 55.0 Å². The molecule has 0 fully saturated rings. The molecule has 0 bridgehead atoms. The second-order valence-electron chi connectivity index (χ2n) is 7.07. The molecule has 4 aromatic rings. The van der Waals surface area contributed by atoms with Crippen LogP contribution in [0.5, 0.6) is 11.5 Å². The number of aromatic nitrogens is 3. The van der Waals surface area contributed by atoms with E-state index in [9.17, 15) is 4.79 Å². The first-order valence-corrected chi connectivity index (χ1v) is 10.0. The molecule has 1 aromatic carbocycles. The van der Waals surface area contributed by atoms with Crippen LogP contribution in [-0.2, 0) is 13.2 Å². The predicted octanol–water partition coefficient (Wildman–Crippen LogP) is 4.49. The Labute approximate surface area is 185 Å². The second-order valence-corrected chi connectivity index (χ2v) is 7.07. The van der Waals surface area contributed by atoms with Crippen LogP contribution in [0.3, 0.4) is 0 Å². The highest BCUT2D eigenvalue weighted by atomic mass is 16.5. The van der Waals surface area contributed by atoms with Gasteiger partial charge < -0.3 is 19.3 Å². The SMILES string of the molecule is Cc1noc(C)c1COc1cccc(C(=O)Nc2ncccc2OCc2ccncc2)c1. The summed E-state index contributed by atoms with van der Waals surface area (Å²) < 4.78 is 16.8. The average molecular weight is 430 g/mol. The summed E-state index contributed by atoms with van der Waals surface area (Å²) in [6, 6.07) is 14.2. The number of ether oxygens (including phenoxy) is 2. The van der Waals surface area contributed by atoms with E-state index in [-0.39, 0.29) is 5.91 Å². The standard InChI is InChI=1S/C24H22N4O4/c1-16-21(17(2)32-28-16)15-30-20-6-3-5-19(13-20)24(29)27-23-22(7-4-10-26-23)31-14-18-8-11-25-12-9-18/h3-13H,14-15H2,1-2H3,(H,26,27,29). The van der Waals surface area contributed by atoms with Crippen molar-refractivity contribution in [2.75, 3.05) is 5.32 Å². The summed E-state index contributed by atoms with van der Waals surface area (Å²) in [5, 5.41) is 6.73. The Morgan fingerprint density at radius 1 is 1.00 bits per heavy atom. The van der Waals surface area contributed by atoms with Gasteiger partial charge in [-0.15, -0.1) is 0 Å². The Morgan fingerprint density at radius 3 is 2.62 bits per heavy atom. The van der Waals surface area contributed by atoms with Crippen molar-refractivity contribution >= 4 is 11.7 Å². The zero-order valence-corrected chi connectivity index (χ0v) is 17.7. The smallest absolute Gasteiger partial charge is 0.257 e. The third-order valence-electron chi connectivity index (χ3n) is 4.81. The third kappa shape index (κ3) is 5.10. The summed E-state index contributed by atoms with van der Waals surface area (Å²) in [6.45, 7) is 4.34. The zero-order valence-electron chi connectivity index (χ0n) is 17.7. The molecule has 3 heterocycles. The second kappa shape index (κ2) is 9.74. The molecule has 0 saturated carbocycles. The number of carbonyl (C=O) groups excluding carboxylic acids is 1. The van der Waals surface area contributed by atoms with E-state index in [2.05, 4.69) is 20.4 Å². The van der Waals surface area contributed by atoms with Crippen molar-refractivity contribution in [2.45, 2.75) is 27.1 Å². The van der Waals surface area contributed by atoms with E-state index >= 15 is 0 Å². The summed E-state index contributed by atoms with van der Waals surface area (Å²) in [7, 11) is 0. The van der Waals surface area contributed by atoms with Crippen molar-refractivity contribution in [1.29, 1.82) is 0 Å². The van der Waals surface area contributed by atoms with Gasteiger partial charge in [0.05, 0.1) is 11.3 Å². The number of pyridine rings is 2. The van der Waals surface area contributed by atoms with Gasteiger partial charge in [0, 0.05) is 24.2 Å². The van der Waals surface area contributed by atoms with Gasteiger partial charge in [-0.25, -0.2) is 4.98 Å². The molecule has 0 radical (unpaired) electrons. The Balaban J connectivity index is 1.42. The number of hydrogen-bond donors (Lipinski definition) is 1. The van der Waals surface area contributed by atoms with E-state index in [0.29, 0.717) is 41.9 Å². The summed E-state index contributed by atoms with van der Waals surface area (Å²) in [5.41, 5.74) is 3.08. The lowest BCUT2D eigenvalue weighted by Gasteiger charge is -2.12. The molecule has 32 heavy (non-hydrogen) atoms. The Morgan fingerprint density at radius 2 is 1.84 bits per heavy atom. The van der Waals surface area contributed by atoms with Gasteiger partial charge in [0.2, 0.25) is 0 Å². The van der Waals surface area contributed by atoms with E-state index in [1.807, 2.05) is 26.0 Å². The van der Waals surface area contributed by atoms with E-state index < -0.39 is 0 Å². The van der Waals surface area contributed by atoms with Gasteiger partial charge in [0.25, 0.3) is 5.91 Å². The molecule has 0 unspecified atom stereocenters. The molecule has 0 atom stereocenters. The van der Waals surface area contributed by atoms with Crippen LogP contribution in [-0.4, -0.2) is 21.0 Å². The van der Waals surface area contributed by atoms with Crippen molar-refractivity contribution < 1.29 is 18.8 Å². The number of anilines is 1. The number of hydrogen-bond acceptors (Lipinski definition) is 7. The van der Waals surface area contributed by atoms with Crippen LogP contribution in [0.25, 0.3) is 0 Å². The molecule has 162 valence electrons. The maximum Gasteiger partial charge on any atom is 0.257 e. The maximum atomic E-state index is 12.8. The fourth-order valence-corrected chi connectivity index (χ4v) is 3.01. The lowest BCUT2D eigenvalue weighted by Crippen LogP contribution is -2.14. The summed E-state index contributed by atoms with van der Waals surface area (Å²) in [4.78, 5) is 21.1. The molecule has 1 N–H and O–H groups in total. The largest absolute Gasteiger partial charge is 0.489 e. The molecule has 0 spiro atoms. The molecule has 0 aliphatic heterocycles. The van der Waals surface area contributed by atoms with Gasteiger partial charge in [-0.2, -0.15) is 0 Å². The van der Waals surface area contributed by atoms with Crippen molar-refractivity contribution in [3.05, 3.63) is 95.3 Å². The minimum absolute atomic E-state index is 0.305. The van der Waals surface area contributed by atoms with Crippen LogP contribution in [0.1, 0.15) is 32.9 Å². The normalized spacial score (nSPS) is 10.6. The number of nitrogens with one attached hydrogen (secondary N) is 1. The van der Waals surface area contributed by atoms with Gasteiger partial charge in [-0.05, 0) is 61.9 Å². The number of aryl methyl sites for hydroxylation is 2. The average Bonchev–Trinajstić information content (AvgIpc) is 3.15. The van der Waals surface area contributed by atoms with Gasteiger partial charge in [-0.1, -0.05) is 11.2 Å². The van der Waals surface area contributed by atoms with Gasteiger partial charge in [0.15, 0.2) is 11.6 Å². The van der Waals surface area contributed by atoms with Crippen LogP contribution >= 0.6 is 0 Å².